The van der Waals surface area contributed by atoms with Gasteiger partial charge in [-0.05, 0) is 54.3 Å². The quantitative estimate of drug-likeness (QED) is 0.647. The number of nitrogens with one attached hydrogen (secondary N) is 3. The summed E-state index contributed by atoms with van der Waals surface area (Å²) < 4.78 is 0. The lowest BCUT2D eigenvalue weighted by Crippen LogP contribution is -2.52. The van der Waals surface area contributed by atoms with E-state index in [1.54, 1.807) is 4.90 Å². The van der Waals surface area contributed by atoms with E-state index in [-0.39, 0.29) is 24.1 Å². The van der Waals surface area contributed by atoms with Crippen molar-refractivity contribution < 1.29 is 14.4 Å². The molecule has 1 aromatic carbocycles. The number of carbonyl (C=O) groups is 3. The largest absolute Gasteiger partial charge is 0.322 e. The van der Waals surface area contributed by atoms with Crippen molar-refractivity contribution in [3.63, 3.8) is 0 Å². The summed E-state index contributed by atoms with van der Waals surface area (Å²) in [4.78, 5) is 37.9. The predicted octanol–water partition coefficient (Wildman–Crippen LogP) is 0.537. The highest BCUT2D eigenvalue weighted by atomic mass is 16.2. The van der Waals surface area contributed by atoms with E-state index < -0.39 is 6.04 Å². The van der Waals surface area contributed by atoms with Gasteiger partial charge < -0.3 is 15.5 Å². The molecule has 148 valence electrons. The third-order valence-electron chi connectivity index (χ3n) is 7.12. The van der Waals surface area contributed by atoms with Gasteiger partial charge >= 0.3 is 0 Å². The normalized spacial score (nSPS) is 31.4. The Bertz CT molecular complexity index is 854. The first kappa shape index (κ1) is 17.8. The number of piperidine rings is 1. The van der Waals surface area contributed by atoms with Crippen LogP contribution in [0.1, 0.15) is 47.2 Å². The van der Waals surface area contributed by atoms with Gasteiger partial charge in [-0.25, -0.2) is 0 Å². The molecule has 0 bridgehead atoms. The maximum absolute atomic E-state index is 12.7. The van der Waals surface area contributed by atoms with Crippen molar-refractivity contribution in [1.29, 1.82) is 0 Å². The molecule has 4 aliphatic rings. The zero-order valence-corrected chi connectivity index (χ0v) is 15.9. The molecule has 1 aromatic rings. The highest BCUT2D eigenvalue weighted by molar-refractivity contribution is 6.05. The van der Waals surface area contributed by atoms with Crippen LogP contribution in [-0.4, -0.2) is 48.3 Å². The van der Waals surface area contributed by atoms with E-state index in [0.29, 0.717) is 23.9 Å². The highest BCUT2D eigenvalue weighted by Gasteiger charge is 2.49. The smallest absolute Gasteiger partial charge is 0.255 e. The molecule has 3 amide bonds. The van der Waals surface area contributed by atoms with Crippen LogP contribution in [0.2, 0.25) is 0 Å². The first-order valence-electron chi connectivity index (χ1n) is 10.2. The molecule has 3 fully saturated rings. The number of imide groups is 1. The van der Waals surface area contributed by atoms with Gasteiger partial charge in [-0.2, -0.15) is 0 Å². The minimum Gasteiger partial charge on any atom is -0.322 e. The van der Waals surface area contributed by atoms with Gasteiger partial charge in [0, 0.05) is 38.2 Å². The lowest BCUT2D eigenvalue weighted by Gasteiger charge is -2.44. The summed E-state index contributed by atoms with van der Waals surface area (Å²) in [6.45, 7) is 4.52. The lowest BCUT2D eigenvalue weighted by molar-refractivity contribution is -0.136. The Hall–Kier alpha value is -2.25. The Balaban J connectivity index is 1.23. The number of hydrogen-bond donors (Lipinski definition) is 3. The molecule has 3 heterocycles. The van der Waals surface area contributed by atoms with Crippen molar-refractivity contribution in [2.24, 2.45) is 11.3 Å². The first-order valence-corrected chi connectivity index (χ1v) is 10.2. The first-order chi connectivity index (χ1) is 13.6. The molecule has 1 saturated carbocycles. The van der Waals surface area contributed by atoms with Gasteiger partial charge in [-0.3, -0.25) is 19.7 Å². The Labute approximate surface area is 164 Å². The molecular weight excluding hydrogens is 356 g/mol. The van der Waals surface area contributed by atoms with E-state index in [1.807, 2.05) is 12.1 Å². The standard InChI is InChI=1S/C21H26N4O3/c26-18-4-3-17(19(27)24-18)25-10-14-7-13(1-2-16(14)20(25)28)8-22-11-21-6-5-15(21)9-23-12-21/h1-2,7,15,17,22-23H,3-6,8-12H2,(H,24,26,27)/t15-,17?,21-/m0/s1. The average molecular weight is 382 g/mol. The van der Waals surface area contributed by atoms with Crippen LogP contribution in [0.4, 0.5) is 0 Å². The van der Waals surface area contributed by atoms with Crippen LogP contribution < -0.4 is 16.0 Å². The minimum atomic E-state index is -0.552. The molecule has 3 N–H and O–H groups in total. The van der Waals surface area contributed by atoms with Gasteiger partial charge in [-0.1, -0.05) is 12.1 Å². The fraction of sp³-hybridized carbons (Fsp3) is 0.571. The molecule has 7 heteroatoms. The molecule has 3 aliphatic heterocycles. The second-order valence-electron chi connectivity index (χ2n) is 8.72. The predicted molar refractivity (Wildman–Crippen MR) is 102 cm³/mol. The summed E-state index contributed by atoms with van der Waals surface area (Å²) in [6.07, 6.45) is 3.32. The molecule has 0 radical (unpaired) electrons. The fourth-order valence-corrected chi connectivity index (χ4v) is 5.29. The van der Waals surface area contributed by atoms with Gasteiger partial charge in [0.2, 0.25) is 11.8 Å². The molecule has 1 aliphatic carbocycles. The number of fused-ring (bicyclic) bond motifs is 2. The number of benzene rings is 1. The van der Waals surface area contributed by atoms with Crippen LogP contribution in [0.3, 0.4) is 0 Å². The van der Waals surface area contributed by atoms with Crippen molar-refractivity contribution in [2.75, 3.05) is 19.6 Å². The van der Waals surface area contributed by atoms with Gasteiger partial charge in [0.1, 0.15) is 6.04 Å². The number of nitrogens with zero attached hydrogens (tertiary/aromatic N) is 1. The fourth-order valence-electron chi connectivity index (χ4n) is 5.29. The van der Waals surface area contributed by atoms with Crippen LogP contribution >= 0.6 is 0 Å². The molecule has 0 spiro atoms. The molecule has 7 nitrogen and oxygen atoms in total. The van der Waals surface area contributed by atoms with Gasteiger partial charge in [0.25, 0.3) is 5.91 Å². The SMILES string of the molecule is O=C1CCC(N2Cc3cc(CNC[C@]45CC[C@H]4CNC5)ccc3C2=O)C(=O)N1. The summed E-state index contributed by atoms with van der Waals surface area (Å²) in [7, 11) is 0. The molecular formula is C21H26N4O3. The Morgan fingerprint density at radius 1 is 1.21 bits per heavy atom. The average Bonchev–Trinajstić information content (AvgIpc) is 3.13. The third-order valence-corrected chi connectivity index (χ3v) is 7.12. The summed E-state index contributed by atoms with van der Waals surface area (Å²) in [5.41, 5.74) is 3.24. The Morgan fingerprint density at radius 2 is 2.11 bits per heavy atom. The van der Waals surface area contributed by atoms with E-state index >= 15 is 0 Å². The van der Waals surface area contributed by atoms with Crippen molar-refractivity contribution >= 4 is 17.7 Å². The van der Waals surface area contributed by atoms with Gasteiger partial charge in [-0.15, -0.1) is 0 Å². The number of hydrogen-bond acceptors (Lipinski definition) is 5. The zero-order chi connectivity index (χ0) is 19.3. The molecule has 1 unspecified atom stereocenters. The van der Waals surface area contributed by atoms with Crippen LogP contribution in [0.15, 0.2) is 18.2 Å². The number of carbonyl (C=O) groups excluding carboxylic acids is 3. The topological polar surface area (TPSA) is 90.5 Å². The second-order valence-corrected chi connectivity index (χ2v) is 8.72. The Kier molecular flexibility index (Phi) is 4.25. The molecule has 28 heavy (non-hydrogen) atoms. The van der Waals surface area contributed by atoms with Crippen LogP contribution in [0.25, 0.3) is 0 Å². The maximum Gasteiger partial charge on any atom is 0.255 e. The maximum atomic E-state index is 12.7. The second kappa shape index (κ2) is 6.67. The molecule has 0 aromatic heterocycles. The summed E-state index contributed by atoms with van der Waals surface area (Å²) in [6, 6.07) is 5.40. The number of amides is 3. The summed E-state index contributed by atoms with van der Waals surface area (Å²) in [5.74, 6) is 0.0835. The monoisotopic (exact) mass is 382 g/mol. The molecule has 5 rings (SSSR count). The van der Waals surface area contributed by atoms with Gasteiger partial charge in [0.05, 0.1) is 0 Å². The van der Waals surface area contributed by atoms with Crippen molar-refractivity contribution in [3.05, 3.63) is 34.9 Å². The van der Waals surface area contributed by atoms with E-state index in [4.69, 9.17) is 0 Å². The third kappa shape index (κ3) is 2.84. The van der Waals surface area contributed by atoms with Gasteiger partial charge in [0.15, 0.2) is 0 Å². The number of rotatable bonds is 5. The van der Waals surface area contributed by atoms with Crippen LogP contribution in [0.5, 0.6) is 0 Å². The summed E-state index contributed by atoms with van der Waals surface area (Å²) in [5, 5.41) is 9.48. The van der Waals surface area contributed by atoms with Crippen molar-refractivity contribution in [1.82, 2.24) is 20.9 Å². The minimum absolute atomic E-state index is 0.114. The van der Waals surface area contributed by atoms with Crippen molar-refractivity contribution in [2.45, 2.75) is 44.8 Å². The molecule has 3 atom stereocenters. The lowest BCUT2D eigenvalue weighted by atomic mass is 9.62. The zero-order valence-electron chi connectivity index (χ0n) is 15.9. The summed E-state index contributed by atoms with van der Waals surface area (Å²) >= 11 is 0. The van der Waals surface area contributed by atoms with E-state index in [1.165, 1.54) is 12.8 Å². The Morgan fingerprint density at radius 3 is 2.86 bits per heavy atom. The highest BCUT2D eigenvalue weighted by Crippen LogP contribution is 2.48. The molecule has 2 saturated heterocycles. The van der Waals surface area contributed by atoms with Crippen LogP contribution in [-0.2, 0) is 22.7 Å². The van der Waals surface area contributed by atoms with E-state index in [2.05, 4.69) is 22.0 Å². The van der Waals surface area contributed by atoms with E-state index in [0.717, 1.165) is 43.2 Å². The van der Waals surface area contributed by atoms with Crippen LogP contribution in [0, 0.1) is 11.3 Å². The van der Waals surface area contributed by atoms with E-state index in [9.17, 15) is 14.4 Å². The van der Waals surface area contributed by atoms with Crippen molar-refractivity contribution in [3.8, 4) is 0 Å².